The van der Waals surface area contributed by atoms with E-state index >= 15 is 0 Å². The van der Waals surface area contributed by atoms with Gasteiger partial charge in [-0.3, -0.25) is 4.99 Å². The second-order valence-electron chi connectivity index (χ2n) is 7.81. The van der Waals surface area contributed by atoms with E-state index < -0.39 is 0 Å². The minimum Gasteiger partial charge on any atom is -0.469 e. The molecule has 0 radical (unpaired) electrons. The van der Waals surface area contributed by atoms with Gasteiger partial charge in [0.2, 0.25) is 0 Å². The van der Waals surface area contributed by atoms with Crippen molar-refractivity contribution in [3.8, 4) is 0 Å². The molecule has 2 N–H and O–H groups in total. The van der Waals surface area contributed by atoms with Crippen molar-refractivity contribution in [2.75, 3.05) is 20.2 Å². The number of halogens is 1. The van der Waals surface area contributed by atoms with E-state index in [-0.39, 0.29) is 29.6 Å². The molecule has 0 aliphatic heterocycles. The van der Waals surface area contributed by atoms with Crippen LogP contribution in [-0.4, -0.2) is 37.8 Å². The monoisotopic (exact) mass is 461 g/mol. The molecule has 142 valence electrons. The molecule has 0 amide bonds. The minimum absolute atomic E-state index is 0. The molecule has 3 rings (SSSR count). The fourth-order valence-corrected chi connectivity index (χ4v) is 3.84. The molecule has 3 unspecified atom stereocenters. The first kappa shape index (κ1) is 20.6. The van der Waals surface area contributed by atoms with E-state index in [1.165, 1.54) is 25.7 Å². The third kappa shape index (κ3) is 5.88. The van der Waals surface area contributed by atoms with Crippen molar-refractivity contribution in [1.29, 1.82) is 0 Å². The Bertz CT molecular complexity index is 545. The smallest absolute Gasteiger partial charge is 0.191 e. The molecule has 6 heteroatoms. The van der Waals surface area contributed by atoms with Crippen molar-refractivity contribution in [2.24, 2.45) is 16.8 Å². The maximum absolute atomic E-state index is 5.49. The van der Waals surface area contributed by atoms with Gasteiger partial charge in [-0.1, -0.05) is 6.42 Å². The molecule has 2 aliphatic rings. The highest BCUT2D eigenvalue weighted by molar-refractivity contribution is 14.0. The second-order valence-corrected chi connectivity index (χ2v) is 7.81. The molecule has 1 heterocycles. The third-order valence-corrected chi connectivity index (χ3v) is 5.47. The van der Waals surface area contributed by atoms with Gasteiger partial charge in [-0.2, -0.15) is 0 Å². The second kappa shape index (κ2) is 9.26. The Hall–Kier alpha value is -0.760. The zero-order valence-corrected chi connectivity index (χ0v) is 17.9. The van der Waals surface area contributed by atoms with Gasteiger partial charge in [0.15, 0.2) is 5.96 Å². The highest BCUT2D eigenvalue weighted by atomic mass is 127. The number of methoxy groups -OCH3 is 1. The lowest BCUT2D eigenvalue weighted by molar-refractivity contribution is 0.0310. The largest absolute Gasteiger partial charge is 0.469 e. The summed E-state index contributed by atoms with van der Waals surface area (Å²) in [6.07, 6.45) is 8.04. The van der Waals surface area contributed by atoms with Crippen LogP contribution in [0.1, 0.15) is 45.3 Å². The Labute approximate surface area is 168 Å². The molecule has 1 aromatic heterocycles. The standard InChI is InChI=1S/C19H31N3O2.HI/c1-19(2,23-3)13-21-18(20-9-8-16-5-4-10-24-16)22-17-12-14-6-7-15(17)11-14;/h4-5,10,14-15,17H,6-9,11-13H2,1-3H3,(H2,20,21,22);1H. The van der Waals surface area contributed by atoms with Crippen LogP contribution in [0.5, 0.6) is 0 Å². The zero-order valence-electron chi connectivity index (χ0n) is 15.6. The molecule has 25 heavy (non-hydrogen) atoms. The van der Waals surface area contributed by atoms with E-state index in [2.05, 4.69) is 24.5 Å². The summed E-state index contributed by atoms with van der Waals surface area (Å²) in [6.45, 7) is 5.58. The lowest BCUT2D eigenvalue weighted by Gasteiger charge is -2.26. The number of furan rings is 1. The van der Waals surface area contributed by atoms with Gasteiger partial charge in [0.1, 0.15) is 5.76 Å². The summed E-state index contributed by atoms with van der Waals surface area (Å²) in [6, 6.07) is 4.51. The Morgan fingerprint density at radius 2 is 2.20 bits per heavy atom. The zero-order chi connectivity index (χ0) is 17.0. The quantitative estimate of drug-likeness (QED) is 0.370. The van der Waals surface area contributed by atoms with Crippen molar-refractivity contribution < 1.29 is 9.15 Å². The van der Waals surface area contributed by atoms with E-state index in [0.29, 0.717) is 12.6 Å². The number of hydrogen-bond donors (Lipinski definition) is 2. The average molecular weight is 461 g/mol. The summed E-state index contributed by atoms with van der Waals surface area (Å²) in [5.74, 6) is 3.65. The number of hydrogen-bond acceptors (Lipinski definition) is 3. The molecular weight excluding hydrogens is 429 g/mol. The van der Waals surface area contributed by atoms with E-state index in [9.17, 15) is 0 Å². The Morgan fingerprint density at radius 1 is 1.36 bits per heavy atom. The Kier molecular flexibility index (Phi) is 7.61. The normalized spacial score (nSPS) is 25.7. The van der Waals surface area contributed by atoms with Gasteiger partial charge < -0.3 is 19.8 Å². The summed E-state index contributed by atoms with van der Waals surface area (Å²) in [7, 11) is 1.74. The van der Waals surface area contributed by atoms with Crippen LogP contribution in [-0.2, 0) is 11.2 Å². The van der Waals surface area contributed by atoms with Gasteiger partial charge in [0, 0.05) is 26.1 Å². The van der Waals surface area contributed by atoms with E-state index in [1.807, 2.05) is 12.1 Å². The predicted molar refractivity (Wildman–Crippen MR) is 112 cm³/mol. The number of aliphatic imine (C=N–C) groups is 1. The van der Waals surface area contributed by atoms with Gasteiger partial charge in [-0.15, -0.1) is 24.0 Å². The number of ether oxygens (including phenoxy) is 1. The number of nitrogens with one attached hydrogen (secondary N) is 2. The molecule has 2 aliphatic carbocycles. The highest BCUT2D eigenvalue weighted by Gasteiger charge is 2.39. The van der Waals surface area contributed by atoms with E-state index in [0.717, 1.165) is 36.5 Å². The molecule has 0 aromatic carbocycles. The first-order chi connectivity index (χ1) is 11.6. The first-order valence-corrected chi connectivity index (χ1v) is 9.18. The summed E-state index contributed by atoms with van der Waals surface area (Å²) in [4.78, 5) is 4.77. The summed E-state index contributed by atoms with van der Waals surface area (Å²) in [5, 5.41) is 7.14. The molecule has 5 nitrogen and oxygen atoms in total. The van der Waals surface area contributed by atoms with Crippen LogP contribution in [0, 0.1) is 11.8 Å². The summed E-state index contributed by atoms with van der Waals surface area (Å²) < 4.78 is 10.9. The van der Waals surface area contributed by atoms with Crippen LogP contribution in [0.15, 0.2) is 27.8 Å². The van der Waals surface area contributed by atoms with Crippen LogP contribution in [0.25, 0.3) is 0 Å². The predicted octanol–water partition coefficient (Wildman–Crippen LogP) is 3.59. The number of rotatable bonds is 7. The van der Waals surface area contributed by atoms with Crippen LogP contribution in [0.4, 0.5) is 0 Å². The van der Waals surface area contributed by atoms with Crippen molar-refractivity contribution in [1.82, 2.24) is 10.6 Å². The van der Waals surface area contributed by atoms with Gasteiger partial charge >= 0.3 is 0 Å². The van der Waals surface area contributed by atoms with Gasteiger partial charge in [-0.05, 0) is 57.1 Å². The van der Waals surface area contributed by atoms with Crippen molar-refractivity contribution >= 4 is 29.9 Å². The number of nitrogens with zero attached hydrogens (tertiary/aromatic N) is 1. The molecule has 0 saturated heterocycles. The molecule has 2 saturated carbocycles. The van der Waals surface area contributed by atoms with Crippen LogP contribution >= 0.6 is 24.0 Å². The average Bonchev–Trinajstić information content (AvgIpc) is 3.30. The van der Waals surface area contributed by atoms with Crippen molar-refractivity contribution in [2.45, 2.75) is 57.6 Å². The maximum Gasteiger partial charge on any atom is 0.191 e. The van der Waals surface area contributed by atoms with Gasteiger partial charge in [-0.25, -0.2) is 0 Å². The Morgan fingerprint density at radius 3 is 2.80 bits per heavy atom. The third-order valence-electron chi connectivity index (χ3n) is 5.47. The molecule has 2 bridgehead atoms. The molecule has 3 atom stereocenters. The number of guanidine groups is 1. The fraction of sp³-hybridized carbons (Fsp3) is 0.737. The van der Waals surface area contributed by atoms with E-state index in [1.54, 1.807) is 13.4 Å². The minimum atomic E-state index is -0.246. The van der Waals surface area contributed by atoms with Crippen molar-refractivity contribution in [3.63, 3.8) is 0 Å². The Balaban J connectivity index is 0.00000225. The molecule has 2 fully saturated rings. The summed E-state index contributed by atoms with van der Waals surface area (Å²) in [5.41, 5.74) is -0.246. The SMILES string of the molecule is COC(C)(C)CN=C(NCCc1ccco1)NC1CC2CCC1C2.I. The molecule has 1 aromatic rings. The van der Waals surface area contributed by atoms with Gasteiger partial charge in [0.05, 0.1) is 18.4 Å². The first-order valence-electron chi connectivity index (χ1n) is 9.18. The molecule has 0 spiro atoms. The van der Waals surface area contributed by atoms with Crippen LogP contribution in [0.2, 0.25) is 0 Å². The molecular formula is C19H32IN3O2. The lowest BCUT2D eigenvalue weighted by Crippen LogP contribution is -2.47. The maximum atomic E-state index is 5.49. The topological polar surface area (TPSA) is 58.8 Å². The van der Waals surface area contributed by atoms with Crippen LogP contribution in [0.3, 0.4) is 0 Å². The van der Waals surface area contributed by atoms with Crippen molar-refractivity contribution in [3.05, 3.63) is 24.2 Å². The van der Waals surface area contributed by atoms with Crippen LogP contribution < -0.4 is 10.6 Å². The fourth-order valence-electron chi connectivity index (χ4n) is 3.84. The lowest BCUT2D eigenvalue weighted by atomic mass is 9.95. The van der Waals surface area contributed by atoms with Gasteiger partial charge in [0.25, 0.3) is 0 Å². The number of fused-ring (bicyclic) bond motifs is 2. The highest BCUT2D eigenvalue weighted by Crippen LogP contribution is 2.44. The summed E-state index contributed by atoms with van der Waals surface area (Å²) >= 11 is 0. The van der Waals surface area contributed by atoms with E-state index in [4.69, 9.17) is 14.1 Å².